The maximum absolute atomic E-state index is 12.8. The Bertz CT molecular complexity index is 867. The molecule has 0 bridgehead atoms. The van der Waals surface area contributed by atoms with Crippen molar-refractivity contribution in [2.24, 2.45) is 11.5 Å². The Balaban J connectivity index is 2.93. The number of aliphatic carboxylic acids is 2. The summed E-state index contributed by atoms with van der Waals surface area (Å²) in [6.07, 6.45) is 0.334. The van der Waals surface area contributed by atoms with Crippen molar-refractivity contribution in [3.8, 4) is 0 Å². The predicted molar refractivity (Wildman–Crippen MR) is 124 cm³/mol. The number of hydrogen-bond acceptors (Lipinski definition) is 8. The summed E-state index contributed by atoms with van der Waals surface area (Å²) < 4.78 is 0. The van der Waals surface area contributed by atoms with E-state index in [1.165, 1.54) is 0 Å². The number of nitrogens with two attached hydrogens (primary N) is 2. The quantitative estimate of drug-likeness (QED) is 0.114. The standard InChI is InChI=1S/C22H33N5O8/c23-9-5-4-8-15(20(32)27-17(12-28)22(34)35)25-21(33)16(11-18(29)30)26-19(31)14(24)10-13-6-2-1-3-7-13/h1-3,6-7,14-17,28H,4-5,8-12,23-24H2,(H,25,33)(H,26,31)(H,27,32)(H,29,30)(H,34,35). The van der Waals surface area contributed by atoms with Crippen LogP contribution in [0.2, 0.25) is 0 Å². The molecule has 1 aromatic carbocycles. The van der Waals surface area contributed by atoms with E-state index in [4.69, 9.17) is 21.7 Å². The van der Waals surface area contributed by atoms with Crippen LogP contribution in [0.15, 0.2) is 30.3 Å². The monoisotopic (exact) mass is 495 g/mol. The molecular weight excluding hydrogens is 462 g/mol. The number of carbonyl (C=O) groups excluding carboxylic acids is 3. The smallest absolute Gasteiger partial charge is 0.328 e. The Morgan fingerprint density at radius 1 is 0.829 bits per heavy atom. The summed E-state index contributed by atoms with van der Waals surface area (Å²) in [5.74, 6) is -5.46. The van der Waals surface area contributed by atoms with Crippen molar-refractivity contribution < 1.29 is 39.3 Å². The first-order valence-electron chi connectivity index (χ1n) is 11.0. The molecule has 4 unspecified atom stereocenters. The first-order valence-corrected chi connectivity index (χ1v) is 11.0. The van der Waals surface area contributed by atoms with Gasteiger partial charge in [0.25, 0.3) is 0 Å². The van der Waals surface area contributed by atoms with Crippen LogP contribution in [0, 0.1) is 0 Å². The van der Waals surface area contributed by atoms with E-state index in [1.807, 2.05) is 0 Å². The molecule has 0 saturated heterocycles. The van der Waals surface area contributed by atoms with Gasteiger partial charge in [-0.25, -0.2) is 4.79 Å². The molecule has 13 nitrogen and oxygen atoms in total. The minimum absolute atomic E-state index is 0.0633. The third-order valence-corrected chi connectivity index (χ3v) is 5.02. The molecule has 1 aromatic rings. The lowest BCUT2D eigenvalue weighted by molar-refractivity contribution is -0.144. The summed E-state index contributed by atoms with van der Waals surface area (Å²) in [6, 6.07) is 3.39. The van der Waals surface area contributed by atoms with Crippen LogP contribution in [-0.4, -0.2) is 82.3 Å². The maximum atomic E-state index is 12.8. The molecule has 4 atom stereocenters. The van der Waals surface area contributed by atoms with Crippen molar-refractivity contribution >= 4 is 29.7 Å². The fraction of sp³-hybridized carbons (Fsp3) is 0.500. The second kappa shape index (κ2) is 15.4. The zero-order valence-corrected chi connectivity index (χ0v) is 19.2. The first kappa shape index (κ1) is 29.5. The van der Waals surface area contributed by atoms with Gasteiger partial charge in [0.1, 0.15) is 18.1 Å². The highest BCUT2D eigenvalue weighted by Crippen LogP contribution is 2.06. The number of nitrogens with one attached hydrogen (secondary N) is 3. The minimum atomic E-state index is -1.60. The highest BCUT2D eigenvalue weighted by molar-refractivity contribution is 5.95. The third kappa shape index (κ3) is 10.9. The van der Waals surface area contributed by atoms with E-state index in [0.717, 1.165) is 5.56 Å². The molecule has 0 aromatic heterocycles. The predicted octanol–water partition coefficient (Wildman–Crippen LogP) is -2.31. The number of carbonyl (C=O) groups is 5. The van der Waals surface area contributed by atoms with Crippen molar-refractivity contribution in [2.45, 2.75) is 56.3 Å². The largest absolute Gasteiger partial charge is 0.481 e. The topological polar surface area (TPSA) is 234 Å². The lowest BCUT2D eigenvalue weighted by atomic mass is 10.0. The van der Waals surface area contributed by atoms with Crippen molar-refractivity contribution in [2.75, 3.05) is 13.2 Å². The molecule has 0 heterocycles. The molecule has 3 amide bonds. The number of amides is 3. The molecule has 0 fully saturated rings. The molecule has 0 saturated carbocycles. The lowest BCUT2D eigenvalue weighted by Gasteiger charge is -2.24. The van der Waals surface area contributed by atoms with E-state index in [9.17, 15) is 29.1 Å². The zero-order chi connectivity index (χ0) is 26.4. The van der Waals surface area contributed by atoms with E-state index in [-0.39, 0.29) is 12.8 Å². The van der Waals surface area contributed by atoms with Crippen LogP contribution in [0.25, 0.3) is 0 Å². The molecule has 13 heteroatoms. The number of aliphatic hydroxyl groups excluding tert-OH is 1. The normalized spacial score (nSPS) is 14.1. The van der Waals surface area contributed by atoms with Gasteiger partial charge in [0, 0.05) is 0 Å². The summed E-state index contributed by atoms with van der Waals surface area (Å²) >= 11 is 0. The number of benzene rings is 1. The summed E-state index contributed by atoms with van der Waals surface area (Å²) in [7, 11) is 0. The van der Waals surface area contributed by atoms with Gasteiger partial charge in [-0.1, -0.05) is 30.3 Å². The molecule has 194 valence electrons. The highest BCUT2D eigenvalue weighted by Gasteiger charge is 2.31. The third-order valence-electron chi connectivity index (χ3n) is 5.02. The molecule has 35 heavy (non-hydrogen) atoms. The number of aliphatic hydroxyl groups is 1. The average Bonchev–Trinajstić information content (AvgIpc) is 2.81. The highest BCUT2D eigenvalue weighted by atomic mass is 16.4. The molecule has 0 aliphatic rings. The van der Waals surface area contributed by atoms with Gasteiger partial charge in [0.2, 0.25) is 17.7 Å². The van der Waals surface area contributed by atoms with Crippen LogP contribution >= 0.6 is 0 Å². The molecule has 0 spiro atoms. The Morgan fingerprint density at radius 2 is 1.40 bits per heavy atom. The number of rotatable bonds is 16. The van der Waals surface area contributed by atoms with Gasteiger partial charge in [-0.3, -0.25) is 19.2 Å². The Hall–Kier alpha value is -3.55. The molecular formula is C22H33N5O8. The molecule has 0 radical (unpaired) electrons. The van der Waals surface area contributed by atoms with Gasteiger partial charge in [-0.05, 0) is 37.8 Å². The Morgan fingerprint density at radius 3 is 1.94 bits per heavy atom. The molecule has 0 aliphatic heterocycles. The van der Waals surface area contributed by atoms with Crippen molar-refractivity contribution in [1.82, 2.24) is 16.0 Å². The van der Waals surface area contributed by atoms with Crippen molar-refractivity contribution in [3.05, 3.63) is 35.9 Å². The van der Waals surface area contributed by atoms with E-state index >= 15 is 0 Å². The van der Waals surface area contributed by atoms with Crippen LogP contribution in [0.1, 0.15) is 31.2 Å². The van der Waals surface area contributed by atoms with Crippen LogP contribution in [0.3, 0.4) is 0 Å². The average molecular weight is 496 g/mol. The van der Waals surface area contributed by atoms with Gasteiger partial charge < -0.3 is 42.7 Å². The first-order chi connectivity index (χ1) is 16.6. The second-order valence-corrected chi connectivity index (χ2v) is 7.88. The summed E-state index contributed by atoms with van der Waals surface area (Å²) in [5.41, 5.74) is 12.1. The van der Waals surface area contributed by atoms with Crippen molar-refractivity contribution in [1.29, 1.82) is 0 Å². The minimum Gasteiger partial charge on any atom is -0.481 e. The van der Waals surface area contributed by atoms with Crippen LogP contribution in [0.5, 0.6) is 0 Å². The maximum Gasteiger partial charge on any atom is 0.328 e. The molecule has 1 rings (SSSR count). The van der Waals surface area contributed by atoms with Gasteiger partial charge in [0.05, 0.1) is 19.1 Å². The van der Waals surface area contributed by atoms with Gasteiger partial charge in [-0.15, -0.1) is 0 Å². The Kier molecular flexibility index (Phi) is 12.9. The SMILES string of the molecule is NCCCCC(NC(=O)C(CC(=O)O)NC(=O)C(N)Cc1ccccc1)C(=O)NC(CO)C(=O)O. The summed E-state index contributed by atoms with van der Waals surface area (Å²) in [4.78, 5) is 60.4. The fourth-order valence-corrected chi connectivity index (χ4v) is 3.12. The summed E-state index contributed by atoms with van der Waals surface area (Å²) in [5, 5.41) is 34.2. The van der Waals surface area contributed by atoms with E-state index in [0.29, 0.717) is 19.4 Å². The lowest BCUT2D eigenvalue weighted by Crippen LogP contribution is -2.58. The molecule has 0 aliphatic carbocycles. The van der Waals surface area contributed by atoms with Crippen LogP contribution < -0.4 is 27.4 Å². The number of hydrogen-bond donors (Lipinski definition) is 8. The number of unbranched alkanes of at least 4 members (excludes halogenated alkanes) is 1. The second-order valence-electron chi connectivity index (χ2n) is 7.88. The summed E-state index contributed by atoms with van der Waals surface area (Å²) in [6.45, 7) is -0.560. The van der Waals surface area contributed by atoms with E-state index < -0.39 is 66.9 Å². The van der Waals surface area contributed by atoms with Crippen LogP contribution in [-0.2, 0) is 30.4 Å². The van der Waals surface area contributed by atoms with Crippen molar-refractivity contribution in [3.63, 3.8) is 0 Å². The molecule has 10 N–H and O–H groups in total. The van der Waals surface area contributed by atoms with E-state index in [2.05, 4.69) is 16.0 Å². The van der Waals surface area contributed by atoms with Crippen LogP contribution in [0.4, 0.5) is 0 Å². The Labute approximate surface area is 202 Å². The zero-order valence-electron chi connectivity index (χ0n) is 19.2. The van der Waals surface area contributed by atoms with Gasteiger partial charge >= 0.3 is 11.9 Å². The number of carboxylic acid groups (broad SMARTS) is 2. The van der Waals surface area contributed by atoms with Gasteiger partial charge in [-0.2, -0.15) is 0 Å². The fourth-order valence-electron chi connectivity index (χ4n) is 3.12. The van der Waals surface area contributed by atoms with E-state index in [1.54, 1.807) is 30.3 Å². The number of carboxylic acids is 2. The van der Waals surface area contributed by atoms with Gasteiger partial charge in [0.15, 0.2) is 0 Å².